The third-order valence-electron chi connectivity index (χ3n) is 5.86. The van der Waals surface area contributed by atoms with Gasteiger partial charge in [0.25, 0.3) is 0 Å². The summed E-state index contributed by atoms with van der Waals surface area (Å²) in [4.78, 5) is 35.9. The minimum atomic E-state index is -1.71. The van der Waals surface area contributed by atoms with Crippen LogP contribution >= 0.6 is 0 Å². The minimum Gasteiger partial charge on any atom is -0.481 e. The van der Waals surface area contributed by atoms with Gasteiger partial charge >= 0.3 is 11.9 Å². The van der Waals surface area contributed by atoms with Crippen LogP contribution in [0.1, 0.15) is 39.0 Å². The van der Waals surface area contributed by atoms with E-state index >= 15 is 0 Å². The largest absolute Gasteiger partial charge is 0.481 e. The number of allylic oxidation sites excluding steroid dienone is 6. The van der Waals surface area contributed by atoms with Crippen LogP contribution in [0.4, 0.5) is 0 Å². The second kappa shape index (κ2) is 15.4. The monoisotopic (exact) mass is 520 g/mol. The average Bonchev–Trinajstić information content (AvgIpc) is 3.52. The Morgan fingerprint density at radius 3 is 2.27 bits per heavy atom. The highest BCUT2D eigenvalue weighted by Gasteiger charge is 2.39. The Kier molecular flexibility index (Phi) is 12.6. The highest BCUT2D eigenvalue weighted by molar-refractivity contribution is 5.82. The number of carbonyl (C=O) groups excluding carboxylic acids is 2. The number of aliphatic carboxylic acids is 1. The number of hydrogen-bond donors (Lipinski definition) is 5. The molecule has 0 bridgehead atoms. The number of fused-ring (bicyclic) bond motifs is 1. The van der Waals surface area contributed by atoms with Crippen molar-refractivity contribution in [2.24, 2.45) is 5.92 Å². The Bertz CT molecular complexity index is 918. The number of ketones is 1. The number of epoxide rings is 1. The Balaban J connectivity index is 2.08. The molecule has 8 unspecified atom stereocenters. The number of aliphatic hydroxyl groups is 4. The number of carbonyl (C=O) groups is 3. The summed E-state index contributed by atoms with van der Waals surface area (Å²) >= 11 is 0. The molecule has 8 atom stereocenters. The molecular formula is C27H36O10. The first-order valence-corrected chi connectivity index (χ1v) is 12.2. The van der Waals surface area contributed by atoms with Gasteiger partial charge in [-0.1, -0.05) is 48.6 Å². The summed E-state index contributed by atoms with van der Waals surface area (Å²) < 4.78 is 10.7. The van der Waals surface area contributed by atoms with E-state index in [2.05, 4.69) is 0 Å². The van der Waals surface area contributed by atoms with Crippen LogP contribution in [-0.4, -0.2) is 86.0 Å². The molecule has 0 aliphatic carbocycles. The molecule has 2 aliphatic rings. The summed E-state index contributed by atoms with van der Waals surface area (Å²) in [7, 11) is 0. The fraction of sp³-hybridized carbons (Fsp3) is 0.519. The molecule has 5 N–H and O–H groups in total. The number of rotatable bonds is 1. The Hall–Kier alpha value is -2.89. The number of esters is 1. The molecule has 0 radical (unpaired) electrons. The molecule has 0 aromatic carbocycles. The predicted octanol–water partition coefficient (Wildman–Crippen LogP) is 1.14. The first kappa shape index (κ1) is 30.3. The van der Waals surface area contributed by atoms with Gasteiger partial charge in [-0.25, -0.2) is 4.79 Å². The molecule has 2 aliphatic heterocycles. The average molecular weight is 521 g/mol. The highest BCUT2D eigenvalue weighted by Crippen LogP contribution is 2.29. The van der Waals surface area contributed by atoms with Crippen LogP contribution in [0.3, 0.4) is 0 Å². The maximum Gasteiger partial charge on any atom is 0.330 e. The van der Waals surface area contributed by atoms with E-state index in [0.717, 1.165) is 0 Å². The van der Waals surface area contributed by atoms with E-state index in [1.807, 2.05) is 6.08 Å². The number of ether oxygens (including phenoxy) is 2. The van der Waals surface area contributed by atoms with Crippen molar-refractivity contribution >= 4 is 17.7 Å². The summed E-state index contributed by atoms with van der Waals surface area (Å²) in [6.07, 6.45) is 8.74. The van der Waals surface area contributed by atoms with Gasteiger partial charge in [-0.2, -0.15) is 0 Å². The van der Waals surface area contributed by atoms with Crippen LogP contribution in [0.25, 0.3) is 0 Å². The summed E-state index contributed by atoms with van der Waals surface area (Å²) in [5, 5.41) is 50.4. The van der Waals surface area contributed by atoms with E-state index in [4.69, 9.17) is 9.47 Å². The summed E-state index contributed by atoms with van der Waals surface area (Å²) in [5.74, 6) is -4.32. The molecule has 10 nitrogen and oxygen atoms in total. The number of carboxylic acid groups (broad SMARTS) is 1. The molecule has 0 aromatic rings. The molecule has 0 saturated carbocycles. The lowest BCUT2D eigenvalue weighted by Crippen LogP contribution is -2.41. The minimum absolute atomic E-state index is 0.110. The zero-order valence-corrected chi connectivity index (χ0v) is 20.7. The maximum absolute atomic E-state index is 12.3. The van der Waals surface area contributed by atoms with Crippen molar-refractivity contribution in [1.82, 2.24) is 0 Å². The molecule has 0 spiro atoms. The summed E-state index contributed by atoms with van der Waals surface area (Å²) in [6.45, 7) is 1.76. The third kappa shape index (κ3) is 11.8. The number of cyclic esters (lactones) is 1. The van der Waals surface area contributed by atoms with Gasteiger partial charge in [0, 0.05) is 38.2 Å². The quantitative estimate of drug-likeness (QED) is 0.249. The lowest BCUT2D eigenvalue weighted by atomic mass is 9.88. The maximum atomic E-state index is 12.3. The van der Waals surface area contributed by atoms with Gasteiger partial charge in [-0.05, 0) is 13.0 Å². The zero-order chi connectivity index (χ0) is 27.4. The van der Waals surface area contributed by atoms with Gasteiger partial charge in [0.2, 0.25) is 0 Å². The van der Waals surface area contributed by atoms with Crippen molar-refractivity contribution in [1.29, 1.82) is 0 Å². The van der Waals surface area contributed by atoms with E-state index in [9.17, 15) is 39.9 Å². The molecule has 204 valence electrons. The van der Waals surface area contributed by atoms with Crippen molar-refractivity contribution < 1.29 is 49.4 Å². The van der Waals surface area contributed by atoms with Gasteiger partial charge < -0.3 is 35.0 Å². The standard InChI is InChI=1S/C27H36O10/c1-17-9-7-5-3-2-4-6-8-10-18(28)14-21(31)26(27(34)35)22(32)15-19(29)13-20(30)16-24-23(37-24)11-12-25(33)36-17/h2-8,10-12,17-18,20-24,26,28,30-32H,9,13-16H2,1H3,(H,34,35)/b3-2+,6-4-,7-5+,10-8+,12-11+. The van der Waals surface area contributed by atoms with E-state index in [-0.39, 0.29) is 31.5 Å². The lowest BCUT2D eigenvalue weighted by Gasteiger charge is -2.25. The van der Waals surface area contributed by atoms with Crippen LogP contribution in [0, 0.1) is 5.92 Å². The number of hydrogen-bond acceptors (Lipinski definition) is 9. The first-order chi connectivity index (χ1) is 17.6. The normalized spacial score (nSPS) is 39.4. The SMILES string of the molecule is CC1C/C=C/C=C/C=C\C=C\C(O)CC(O)C(C(=O)O)C(O)CC(=O)CC(O)CC2OC2/C=C/C(=O)O1. The van der Waals surface area contributed by atoms with E-state index in [1.165, 1.54) is 24.3 Å². The van der Waals surface area contributed by atoms with E-state index < -0.39 is 60.6 Å². The molecule has 2 rings (SSSR count). The second-order valence-corrected chi connectivity index (χ2v) is 9.20. The van der Waals surface area contributed by atoms with Crippen molar-refractivity contribution in [2.45, 2.75) is 81.8 Å². The number of Topliss-reactive ketones (excluding diaryl/α,β-unsaturated/α-hetero) is 1. The smallest absolute Gasteiger partial charge is 0.330 e. The molecule has 0 aromatic heterocycles. The fourth-order valence-electron chi connectivity index (χ4n) is 3.89. The highest BCUT2D eigenvalue weighted by atomic mass is 16.6. The molecular weight excluding hydrogens is 484 g/mol. The van der Waals surface area contributed by atoms with Crippen molar-refractivity contribution in [2.75, 3.05) is 0 Å². The third-order valence-corrected chi connectivity index (χ3v) is 5.86. The zero-order valence-electron chi connectivity index (χ0n) is 20.7. The van der Waals surface area contributed by atoms with Crippen LogP contribution in [0.15, 0.2) is 60.8 Å². The molecule has 1 saturated heterocycles. The van der Waals surface area contributed by atoms with Crippen molar-refractivity contribution in [3.8, 4) is 0 Å². The fourth-order valence-corrected chi connectivity index (χ4v) is 3.89. The van der Waals surface area contributed by atoms with Crippen LogP contribution < -0.4 is 0 Å². The Labute approximate surface area is 215 Å². The molecule has 1 fully saturated rings. The van der Waals surface area contributed by atoms with Gasteiger partial charge in [-0.3, -0.25) is 9.59 Å². The van der Waals surface area contributed by atoms with Crippen LogP contribution in [0.5, 0.6) is 0 Å². The topological polar surface area (TPSA) is 174 Å². The molecule has 2 heterocycles. The Morgan fingerprint density at radius 2 is 1.57 bits per heavy atom. The van der Waals surface area contributed by atoms with Crippen molar-refractivity contribution in [3.05, 3.63) is 60.8 Å². The molecule has 37 heavy (non-hydrogen) atoms. The van der Waals surface area contributed by atoms with Gasteiger partial charge in [0.05, 0.1) is 30.5 Å². The predicted molar refractivity (Wildman–Crippen MR) is 133 cm³/mol. The second-order valence-electron chi connectivity index (χ2n) is 9.20. The van der Waals surface area contributed by atoms with E-state index in [0.29, 0.717) is 6.42 Å². The summed E-state index contributed by atoms with van der Waals surface area (Å²) in [6, 6.07) is 0. The number of carboxylic acids is 1. The van der Waals surface area contributed by atoms with Crippen molar-refractivity contribution in [3.63, 3.8) is 0 Å². The van der Waals surface area contributed by atoms with Gasteiger partial charge in [0.1, 0.15) is 23.9 Å². The lowest BCUT2D eigenvalue weighted by molar-refractivity contribution is -0.153. The Morgan fingerprint density at radius 1 is 0.892 bits per heavy atom. The number of aliphatic hydroxyl groups excluding tert-OH is 4. The van der Waals surface area contributed by atoms with Crippen LogP contribution in [0.2, 0.25) is 0 Å². The van der Waals surface area contributed by atoms with Crippen LogP contribution in [-0.2, 0) is 23.9 Å². The first-order valence-electron chi connectivity index (χ1n) is 12.2. The molecule has 10 heteroatoms. The van der Waals surface area contributed by atoms with Gasteiger partial charge in [-0.15, -0.1) is 0 Å². The molecule has 0 amide bonds. The summed E-state index contributed by atoms with van der Waals surface area (Å²) in [5.41, 5.74) is 0. The van der Waals surface area contributed by atoms with Gasteiger partial charge in [0.15, 0.2) is 0 Å². The van der Waals surface area contributed by atoms with E-state index in [1.54, 1.807) is 37.3 Å².